The van der Waals surface area contributed by atoms with E-state index in [0.717, 1.165) is 6.29 Å². The monoisotopic (exact) mass is 198 g/mol. The molecular weight excluding hydrogens is 187 g/mol. The first-order valence-electron chi connectivity index (χ1n) is 4.18. The number of rotatable bonds is 4. The van der Waals surface area contributed by atoms with Gasteiger partial charge in [0.15, 0.2) is 17.3 Å². The minimum absolute atomic E-state index is 0.173. The summed E-state index contributed by atoms with van der Waals surface area (Å²) in [5.74, 6) is -1.01. The Balaban J connectivity index is 3.01. The number of hydrogen-bond acceptors (Lipinski definition) is 3. The van der Waals surface area contributed by atoms with Crippen molar-refractivity contribution in [1.82, 2.24) is 0 Å². The number of phenolic OH excluding ortho intramolecular Hbond substituents is 1. The highest BCUT2D eigenvalue weighted by molar-refractivity contribution is 5.51. The van der Waals surface area contributed by atoms with E-state index in [1.165, 1.54) is 19.2 Å². The zero-order valence-corrected chi connectivity index (χ0v) is 7.79. The standard InChI is InChI=1S/C10H11FO3/c1-14-10-8(13)5-4-7(9(10)11)3-2-6-12/h4-6,13H,2-3H2,1H3. The van der Waals surface area contributed by atoms with E-state index in [0.29, 0.717) is 12.0 Å². The summed E-state index contributed by atoms with van der Waals surface area (Å²) in [4.78, 5) is 10.1. The molecule has 0 aliphatic heterocycles. The zero-order valence-electron chi connectivity index (χ0n) is 7.79. The van der Waals surface area contributed by atoms with E-state index < -0.39 is 5.82 Å². The van der Waals surface area contributed by atoms with Crippen LogP contribution in [0.5, 0.6) is 11.5 Å². The molecule has 14 heavy (non-hydrogen) atoms. The molecule has 0 aliphatic carbocycles. The molecule has 3 nitrogen and oxygen atoms in total. The molecule has 0 atom stereocenters. The van der Waals surface area contributed by atoms with Crippen molar-refractivity contribution in [3.63, 3.8) is 0 Å². The lowest BCUT2D eigenvalue weighted by Gasteiger charge is -2.07. The SMILES string of the molecule is COc1c(O)ccc(CCC=O)c1F. The molecule has 0 radical (unpaired) electrons. The van der Waals surface area contributed by atoms with E-state index in [1.54, 1.807) is 0 Å². The maximum Gasteiger partial charge on any atom is 0.196 e. The van der Waals surface area contributed by atoms with E-state index in [2.05, 4.69) is 4.74 Å². The van der Waals surface area contributed by atoms with Gasteiger partial charge in [0.05, 0.1) is 7.11 Å². The Morgan fingerprint density at radius 2 is 2.29 bits per heavy atom. The molecule has 1 aromatic rings. The lowest BCUT2D eigenvalue weighted by Crippen LogP contribution is -1.96. The van der Waals surface area contributed by atoms with Crippen molar-refractivity contribution in [2.75, 3.05) is 7.11 Å². The zero-order chi connectivity index (χ0) is 10.6. The predicted octanol–water partition coefficient (Wildman–Crippen LogP) is 1.67. The second-order valence-corrected chi connectivity index (χ2v) is 2.80. The van der Waals surface area contributed by atoms with Crippen LogP contribution in [0.15, 0.2) is 12.1 Å². The second kappa shape index (κ2) is 4.60. The van der Waals surface area contributed by atoms with Gasteiger partial charge in [0.1, 0.15) is 6.29 Å². The molecule has 1 rings (SSSR count). The van der Waals surface area contributed by atoms with Crippen LogP contribution < -0.4 is 4.74 Å². The highest BCUT2D eigenvalue weighted by Gasteiger charge is 2.12. The van der Waals surface area contributed by atoms with Gasteiger partial charge < -0.3 is 14.6 Å². The number of ether oxygens (including phenoxy) is 1. The van der Waals surface area contributed by atoms with Crippen LogP contribution in [-0.4, -0.2) is 18.5 Å². The van der Waals surface area contributed by atoms with Gasteiger partial charge in [0.25, 0.3) is 0 Å². The number of phenols is 1. The molecule has 0 unspecified atom stereocenters. The van der Waals surface area contributed by atoms with Crippen LogP contribution in [-0.2, 0) is 11.2 Å². The van der Waals surface area contributed by atoms with Gasteiger partial charge in [-0.15, -0.1) is 0 Å². The van der Waals surface area contributed by atoms with Crippen molar-refractivity contribution in [1.29, 1.82) is 0 Å². The molecule has 0 saturated heterocycles. The molecule has 0 spiro atoms. The number of hydrogen-bond donors (Lipinski definition) is 1. The highest BCUT2D eigenvalue weighted by Crippen LogP contribution is 2.31. The minimum atomic E-state index is -0.602. The Labute approximate surface area is 81.1 Å². The summed E-state index contributed by atoms with van der Waals surface area (Å²) in [5.41, 5.74) is 0.367. The van der Waals surface area contributed by atoms with Crippen LogP contribution in [0.25, 0.3) is 0 Å². The number of benzene rings is 1. The smallest absolute Gasteiger partial charge is 0.196 e. The Morgan fingerprint density at radius 3 is 2.86 bits per heavy atom. The lowest BCUT2D eigenvalue weighted by atomic mass is 10.1. The molecule has 0 fully saturated rings. The van der Waals surface area contributed by atoms with Gasteiger partial charge in [-0.3, -0.25) is 0 Å². The first-order chi connectivity index (χ1) is 6.70. The Morgan fingerprint density at radius 1 is 1.57 bits per heavy atom. The first-order valence-corrected chi connectivity index (χ1v) is 4.18. The molecule has 0 saturated carbocycles. The van der Waals surface area contributed by atoms with Crippen molar-refractivity contribution in [3.05, 3.63) is 23.5 Å². The van der Waals surface area contributed by atoms with E-state index in [9.17, 15) is 14.3 Å². The molecule has 4 heteroatoms. The number of carbonyl (C=O) groups is 1. The Hall–Kier alpha value is -1.58. The van der Waals surface area contributed by atoms with Gasteiger partial charge >= 0.3 is 0 Å². The lowest BCUT2D eigenvalue weighted by molar-refractivity contribution is -0.107. The molecule has 1 N–H and O–H groups in total. The Bertz CT molecular complexity index is 336. The predicted molar refractivity (Wildman–Crippen MR) is 49.0 cm³/mol. The van der Waals surface area contributed by atoms with Crippen molar-refractivity contribution in [2.24, 2.45) is 0 Å². The topological polar surface area (TPSA) is 46.5 Å². The summed E-state index contributed by atoms with van der Waals surface area (Å²) < 4.78 is 18.1. The van der Waals surface area contributed by atoms with Crippen LogP contribution in [0.3, 0.4) is 0 Å². The maximum atomic E-state index is 13.5. The van der Waals surface area contributed by atoms with Crippen molar-refractivity contribution in [2.45, 2.75) is 12.8 Å². The van der Waals surface area contributed by atoms with E-state index in [1.807, 2.05) is 0 Å². The van der Waals surface area contributed by atoms with Gasteiger partial charge in [-0.1, -0.05) is 6.07 Å². The molecule has 0 aliphatic rings. The first kappa shape index (κ1) is 10.5. The summed E-state index contributed by atoms with van der Waals surface area (Å²) in [6, 6.07) is 2.79. The maximum absolute atomic E-state index is 13.5. The summed E-state index contributed by atoms with van der Waals surface area (Å²) in [5, 5.41) is 9.21. The van der Waals surface area contributed by atoms with E-state index in [4.69, 9.17) is 0 Å². The molecule has 0 amide bonds. The van der Waals surface area contributed by atoms with Gasteiger partial charge in [-0.2, -0.15) is 0 Å². The second-order valence-electron chi connectivity index (χ2n) is 2.80. The third kappa shape index (κ3) is 2.02. The van der Waals surface area contributed by atoms with Crippen molar-refractivity contribution >= 4 is 6.29 Å². The number of halogens is 1. The number of aldehydes is 1. The van der Waals surface area contributed by atoms with Gasteiger partial charge in [-0.25, -0.2) is 4.39 Å². The van der Waals surface area contributed by atoms with Crippen molar-refractivity contribution < 1.29 is 19.0 Å². The van der Waals surface area contributed by atoms with Crippen LogP contribution in [0.2, 0.25) is 0 Å². The normalized spacial score (nSPS) is 9.86. The van der Waals surface area contributed by atoms with Crippen molar-refractivity contribution in [3.8, 4) is 11.5 Å². The van der Waals surface area contributed by atoms with Gasteiger partial charge in [0.2, 0.25) is 0 Å². The highest BCUT2D eigenvalue weighted by atomic mass is 19.1. The summed E-state index contributed by atoms with van der Waals surface area (Å²) in [6.45, 7) is 0. The fraction of sp³-hybridized carbons (Fsp3) is 0.300. The van der Waals surface area contributed by atoms with Crippen LogP contribution in [0.4, 0.5) is 4.39 Å². The summed E-state index contributed by atoms with van der Waals surface area (Å²) in [6.07, 6.45) is 1.29. The minimum Gasteiger partial charge on any atom is -0.504 e. The number of aromatic hydroxyl groups is 1. The van der Waals surface area contributed by atoms with Crippen LogP contribution in [0.1, 0.15) is 12.0 Å². The van der Waals surface area contributed by atoms with Gasteiger partial charge in [0, 0.05) is 6.42 Å². The van der Waals surface area contributed by atoms with Crippen LogP contribution in [0, 0.1) is 5.82 Å². The Kier molecular flexibility index (Phi) is 3.45. The van der Waals surface area contributed by atoms with Gasteiger partial charge in [-0.05, 0) is 18.1 Å². The molecule has 0 aromatic heterocycles. The van der Waals surface area contributed by atoms with E-state index >= 15 is 0 Å². The molecule has 0 heterocycles. The summed E-state index contributed by atoms with van der Waals surface area (Å²) >= 11 is 0. The number of carbonyl (C=O) groups excluding carboxylic acids is 1. The average Bonchev–Trinajstić information content (AvgIpc) is 2.18. The van der Waals surface area contributed by atoms with Crippen LogP contribution >= 0.6 is 0 Å². The fourth-order valence-electron chi connectivity index (χ4n) is 1.19. The molecule has 1 aromatic carbocycles. The quantitative estimate of drug-likeness (QED) is 0.748. The number of aryl methyl sites for hydroxylation is 1. The third-order valence-electron chi connectivity index (χ3n) is 1.89. The summed E-state index contributed by atoms with van der Waals surface area (Å²) in [7, 11) is 1.28. The molecule has 76 valence electrons. The number of methoxy groups -OCH3 is 1. The largest absolute Gasteiger partial charge is 0.504 e. The third-order valence-corrected chi connectivity index (χ3v) is 1.89. The molecular formula is C10H11FO3. The fourth-order valence-corrected chi connectivity index (χ4v) is 1.19. The average molecular weight is 198 g/mol. The molecule has 0 bridgehead atoms. The van der Waals surface area contributed by atoms with E-state index in [-0.39, 0.29) is 17.9 Å².